The van der Waals surface area contributed by atoms with Crippen molar-refractivity contribution >= 4 is 5.91 Å². The molecule has 4 heteroatoms. The zero-order valence-electron chi connectivity index (χ0n) is 10.9. The van der Waals surface area contributed by atoms with Crippen molar-refractivity contribution in [3.05, 3.63) is 0 Å². The van der Waals surface area contributed by atoms with E-state index in [4.69, 9.17) is 5.73 Å². The van der Waals surface area contributed by atoms with Gasteiger partial charge in [0.2, 0.25) is 5.91 Å². The summed E-state index contributed by atoms with van der Waals surface area (Å²) in [6.07, 6.45) is 2.49. The van der Waals surface area contributed by atoms with Gasteiger partial charge in [-0.25, -0.2) is 0 Å². The first-order valence-electron chi connectivity index (χ1n) is 6.12. The smallest absolute Gasteiger partial charge is 0.238 e. The molecule has 0 bridgehead atoms. The Labute approximate surface area is 98.6 Å². The molecule has 94 valence electrons. The van der Waals surface area contributed by atoms with Gasteiger partial charge in [0.1, 0.15) is 5.54 Å². The predicted molar refractivity (Wildman–Crippen MR) is 66.1 cm³/mol. The van der Waals surface area contributed by atoms with Gasteiger partial charge in [-0.1, -0.05) is 6.92 Å². The number of carbonyl (C=O) groups excluding carboxylic acids is 1. The molecule has 0 saturated carbocycles. The number of nitrogens with two attached hydrogens (primary N) is 1. The van der Waals surface area contributed by atoms with Gasteiger partial charge in [0.15, 0.2) is 0 Å². The van der Waals surface area contributed by atoms with E-state index < -0.39 is 5.54 Å². The molecule has 1 saturated heterocycles. The fourth-order valence-corrected chi connectivity index (χ4v) is 2.29. The second-order valence-electron chi connectivity index (χ2n) is 5.41. The van der Waals surface area contributed by atoms with Gasteiger partial charge >= 0.3 is 0 Å². The highest BCUT2D eigenvalue weighted by atomic mass is 16.1. The van der Waals surface area contributed by atoms with E-state index in [0.717, 1.165) is 6.54 Å². The van der Waals surface area contributed by atoms with Crippen LogP contribution in [-0.4, -0.2) is 42.5 Å². The number of piperidine rings is 1. The number of likely N-dealkylation sites (N-methyl/N-ethyl adjacent to an activating group) is 1. The Morgan fingerprint density at radius 1 is 1.50 bits per heavy atom. The quantitative estimate of drug-likeness (QED) is 0.738. The van der Waals surface area contributed by atoms with Crippen molar-refractivity contribution in [3.63, 3.8) is 0 Å². The highest BCUT2D eigenvalue weighted by Crippen LogP contribution is 2.23. The molecule has 0 aliphatic carbocycles. The predicted octanol–water partition coefficient (Wildman–Crippen LogP) is 0.570. The van der Waals surface area contributed by atoms with Crippen LogP contribution < -0.4 is 11.1 Å². The average molecular weight is 227 g/mol. The molecule has 0 aromatic rings. The number of rotatable bonds is 4. The second-order valence-corrected chi connectivity index (χ2v) is 5.41. The Kier molecular flexibility index (Phi) is 4.33. The van der Waals surface area contributed by atoms with Crippen LogP contribution in [0.3, 0.4) is 0 Å². The van der Waals surface area contributed by atoms with Crippen molar-refractivity contribution in [1.82, 2.24) is 10.2 Å². The summed E-state index contributed by atoms with van der Waals surface area (Å²) in [5.74, 6) is 0.436. The van der Waals surface area contributed by atoms with E-state index in [1.807, 2.05) is 6.92 Å². The van der Waals surface area contributed by atoms with E-state index in [1.54, 1.807) is 7.05 Å². The molecule has 1 amide bonds. The third-order valence-electron chi connectivity index (χ3n) is 3.86. The van der Waals surface area contributed by atoms with E-state index in [0.29, 0.717) is 18.5 Å². The maximum absolute atomic E-state index is 11.4. The van der Waals surface area contributed by atoms with Gasteiger partial charge in [-0.2, -0.15) is 0 Å². The highest BCUT2D eigenvalue weighted by molar-refractivity contribution is 5.84. The number of hydrogen-bond acceptors (Lipinski definition) is 3. The maximum Gasteiger partial charge on any atom is 0.238 e. The van der Waals surface area contributed by atoms with Crippen LogP contribution in [0.15, 0.2) is 0 Å². The van der Waals surface area contributed by atoms with Gasteiger partial charge in [-0.05, 0) is 39.7 Å². The van der Waals surface area contributed by atoms with Crippen LogP contribution in [0.2, 0.25) is 0 Å². The van der Waals surface area contributed by atoms with Gasteiger partial charge in [-0.15, -0.1) is 0 Å². The molecule has 1 aliphatic rings. The van der Waals surface area contributed by atoms with E-state index in [9.17, 15) is 4.79 Å². The van der Waals surface area contributed by atoms with Crippen molar-refractivity contribution in [2.45, 2.75) is 45.2 Å². The first-order chi connectivity index (χ1) is 7.39. The number of primary amides is 1. The van der Waals surface area contributed by atoms with Gasteiger partial charge in [0, 0.05) is 19.1 Å². The van der Waals surface area contributed by atoms with Gasteiger partial charge in [0.25, 0.3) is 0 Å². The van der Waals surface area contributed by atoms with Gasteiger partial charge in [0.05, 0.1) is 0 Å². The van der Waals surface area contributed by atoms with E-state index in [-0.39, 0.29) is 5.91 Å². The summed E-state index contributed by atoms with van der Waals surface area (Å²) in [4.78, 5) is 13.8. The molecule has 3 unspecified atom stereocenters. The van der Waals surface area contributed by atoms with Gasteiger partial charge in [-0.3, -0.25) is 9.69 Å². The topological polar surface area (TPSA) is 58.4 Å². The molecular formula is C12H25N3O. The van der Waals surface area contributed by atoms with Crippen molar-refractivity contribution in [3.8, 4) is 0 Å². The standard InChI is InChI=1S/C12H25N3O/c1-9-5-6-10(2)15(7-9)8-12(3,14-4)11(13)16/h9-10,14H,5-8H2,1-4H3,(H2,13,16). The number of carbonyl (C=O) groups is 1. The minimum Gasteiger partial charge on any atom is -0.368 e. The van der Waals surface area contributed by atoms with Crippen molar-refractivity contribution in [2.75, 3.05) is 20.1 Å². The van der Waals surface area contributed by atoms with Crippen molar-refractivity contribution in [1.29, 1.82) is 0 Å². The zero-order chi connectivity index (χ0) is 12.3. The van der Waals surface area contributed by atoms with Gasteiger partial charge < -0.3 is 11.1 Å². The molecule has 0 aromatic heterocycles. The van der Waals surface area contributed by atoms with Crippen LogP contribution in [-0.2, 0) is 4.79 Å². The molecule has 0 radical (unpaired) electrons. The summed E-state index contributed by atoms with van der Waals surface area (Å²) in [5, 5.41) is 3.04. The fourth-order valence-electron chi connectivity index (χ4n) is 2.29. The summed E-state index contributed by atoms with van der Waals surface area (Å²) in [6, 6.07) is 0.545. The Morgan fingerprint density at radius 2 is 2.12 bits per heavy atom. The minimum absolute atomic E-state index is 0.277. The molecule has 1 fully saturated rings. The first-order valence-corrected chi connectivity index (χ1v) is 6.12. The molecule has 0 aromatic carbocycles. The largest absolute Gasteiger partial charge is 0.368 e. The Balaban J connectivity index is 2.66. The van der Waals surface area contributed by atoms with Crippen molar-refractivity contribution < 1.29 is 4.79 Å². The lowest BCUT2D eigenvalue weighted by Gasteiger charge is -2.41. The molecule has 0 spiro atoms. The average Bonchev–Trinajstić information content (AvgIpc) is 2.23. The number of amides is 1. The molecule has 1 rings (SSSR count). The Morgan fingerprint density at radius 3 is 2.62 bits per heavy atom. The molecular weight excluding hydrogens is 202 g/mol. The summed E-state index contributed by atoms with van der Waals surface area (Å²) in [5.41, 5.74) is 4.83. The van der Waals surface area contributed by atoms with Crippen molar-refractivity contribution in [2.24, 2.45) is 11.7 Å². The number of likely N-dealkylation sites (tertiary alicyclic amines) is 1. The van der Waals surface area contributed by atoms with E-state index in [1.165, 1.54) is 12.8 Å². The molecule has 16 heavy (non-hydrogen) atoms. The molecule has 4 nitrogen and oxygen atoms in total. The number of hydrogen-bond donors (Lipinski definition) is 2. The third kappa shape index (κ3) is 2.95. The lowest BCUT2D eigenvalue weighted by atomic mass is 9.92. The molecule has 1 heterocycles. The molecule has 3 N–H and O–H groups in total. The normalized spacial score (nSPS) is 31.0. The van der Waals surface area contributed by atoms with Crippen LogP contribution in [0.1, 0.15) is 33.6 Å². The minimum atomic E-state index is -0.620. The lowest BCUT2D eigenvalue weighted by Crippen LogP contribution is -2.60. The lowest BCUT2D eigenvalue weighted by molar-refractivity contribution is -0.124. The van der Waals surface area contributed by atoms with Crippen LogP contribution in [0.25, 0.3) is 0 Å². The Bertz CT molecular complexity index is 257. The summed E-state index contributed by atoms with van der Waals surface area (Å²) >= 11 is 0. The highest BCUT2D eigenvalue weighted by Gasteiger charge is 2.34. The fraction of sp³-hybridized carbons (Fsp3) is 0.917. The Hall–Kier alpha value is -0.610. The molecule has 1 aliphatic heterocycles. The summed E-state index contributed by atoms with van der Waals surface area (Å²) in [7, 11) is 1.79. The monoisotopic (exact) mass is 227 g/mol. The van der Waals surface area contributed by atoms with Crippen LogP contribution in [0.4, 0.5) is 0 Å². The van der Waals surface area contributed by atoms with Crippen LogP contribution >= 0.6 is 0 Å². The SMILES string of the molecule is CNC(C)(CN1CC(C)CCC1C)C(N)=O. The van der Waals surface area contributed by atoms with E-state index in [2.05, 4.69) is 24.1 Å². The zero-order valence-corrected chi connectivity index (χ0v) is 10.9. The summed E-state index contributed by atoms with van der Waals surface area (Å²) < 4.78 is 0. The third-order valence-corrected chi connectivity index (χ3v) is 3.86. The number of nitrogens with zero attached hydrogens (tertiary/aromatic N) is 1. The van der Waals surface area contributed by atoms with Crippen LogP contribution in [0.5, 0.6) is 0 Å². The second kappa shape index (κ2) is 5.15. The first kappa shape index (κ1) is 13.5. The number of nitrogens with one attached hydrogen (secondary N) is 1. The van der Waals surface area contributed by atoms with E-state index >= 15 is 0 Å². The van der Waals surface area contributed by atoms with Crippen LogP contribution in [0, 0.1) is 5.92 Å². The molecule has 3 atom stereocenters. The maximum atomic E-state index is 11.4. The summed E-state index contributed by atoms with van der Waals surface area (Å²) in [6.45, 7) is 8.13.